The van der Waals surface area contributed by atoms with Gasteiger partial charge in [0.05, 0.1) is 13.2 Å². The second kappa shape index (κ2) is 8.66. The van der Waals surface area contributed by atoms with E-state index in [-0.39, 0.29) is 18.2 Å². The summed E-state index contributed by atoms with van der Waals surface area (Å²) in [5, 5.41) is 23.6. The van der Waals surface area contributed by atoms with Gasteiger partial charge in [-0.2, -0.15) is 0 Å². The second-order valence-corrected chi connectivity index (χ2v) is 6.50. The largest absolute Gasteiger partial charge is 0.497 e. The minimum absolute atomic E-state index is 0.112. The molecule has 2 rings (SSSR count). The highest BCUT2D eigenvalue weighted by atomic mass is 16.5. The molecule has 0 saturated heterocycles. The molecule has 0 aliphatic heterocycles. The molecule has 0 heterocycles. The number of aliphatic carboxylic acids is 1. The van der Waals surface area contributed by atoms with Crippen molar-refractivity contribution < 1.29 is 29.3 Å². The van der Waals surface area contributed by atoms with Crippen LogP contribution in [0.25, 0.3) is 0 Å². The monoisotopic (exact) mass is 364 g/mol. The number of benzene rings is 1. The number of amides is 2. The van der Waals surface area contributed by atoms with E-state index in [0.717, 1.165) is 5.56 Å². The summed E-state index contributed by atoms with van der Waals surface area (Å²) >= 11 is 0. The average molecular weight is 364 g/mol. The van der Waals surface area contributed by atoms with Gasteiger partial charge >= 0.3 is 5.97 Å². The van der Waals surface area contributed by atoms with Crippen LogP contribution in [0.5, 0.6) is 5.75 Å². The van der Waals surface area contributed by atoms with Crippen molar-refractivity contribution in [3.8, 4) is 5.75 Å². The van der Waals surface area contributed by atoms with E-state index in [1.54, 1.807) is 24.3 Å². The number of carbonyl (C=O) groups is 3. The molecular formula is C18H24N2O6. The smallest absolute Gasteiger partial charge is 0.326 e. The molecule has 0 radical (unpaired) electrons. The third-order valence-electron chi connectivity index (χ3n) is 4.45. The summed E-state index contributed by atoms with van der Waals surface area (Å²) < 4.78 is 5.05. The van der Waals surface area contributed by atoms with Crippen LogP contribution >= 0.6 is 0 Å². The number of carboxylic acids is 1. The van der Waals surface area contributed by atoms with Crippen molar-refractivity contribution in [2.45, 2.75) is 44.4 Å². The molecule has 0 bridgehead atoms. The van der Waals surface area contributed by atoms with Crippen LogP contribution in [0, 0.1) is 5.92 Å². The van der Waals surface area contributed by atoms with Crippen LogP contribution in [-0.2, 0) is 20.8 Å². The number of hydrogen-bond donors (Lipinski definition) is 4. The number of carbonyl (C=O) groups excluding carboxylic acids is 2. The summed E-state index contributed by atoms with van der Waals surface area (Å²) in [6, 6.07) is 4.92. The lowest BCUT2D eigenvalue weighted by Gasteiger charge is -2.31. The molecule has 0 unspecified atom stereocenters. The van der Waals surface area contributed by atoms with Crippen LogP contribution in [0.3, 0.4) is 0 Å². The molecule has 4 N–H and O–H groups in total. The predicted molar refractivity (Wildman–Crippen MR) is 92.6 cm³/mol. The van der Waals surface area contributed by atoms with Crippen LogP contribution in [0.1, 0.15) is 25.3 Å². The van der Waals surface area contributed by atoms with E-state index in [9.17, 15) is 24.6 Å². The first-order valence-corrected chi connectivity index (χ1v) is 8.44. The Morgan fingerprint density at radius 1 is 1.19 bits per heavy atom. The number of carboxylic acid groups (broad SMARTS) is 1. The summed E-state index contributed by atoms with van der Waals surface area (Å²) in [4.78, 5) is 35.6. The van der Waals surface area contributed by atoms with E-state index in [4.69, 9.17) is 4.74 Å². The van der Waals surface area contributed by atoms with Crippen LogP contribution in [0.15, 0.2) is 24.3 Å². The van der Waals surface area contributed by atoms with Gasteiger partial charge in [0.25, 0.3) is 0 Å². The van der Waals surface area contributed by atoms with Gasteiger partial charge in [-0.15, -0.1) is 0 Å². The second-order valence-electron chi connectivity index (χ2n) is 6.50. The van der Waals surface area contributed by atoms with E-state index in [1.165, 1.54) is 14.0 Å². The van der Waals surface area contributed by atoms with Gasteiger partial charge < -0.3 is 25.6 Å². The van der Waals surface area contributed by atoms with E-state index >= 15 is 0 Å². The van der Waals surface area contributed by atoms with Crippen LogP contribution in [0.4, 0.5) is 0 Å². The van der Waals surface area contributed by atoms with Crippen molar-refractivity contribution in [2.24, 2.45) is 5.92 Å². The molecule has 1 saturated carbocycles. The van der Waals surface area contributed by atoms with Gasteiger partial charge in [0.2, 0.25) is 11.8 Å². The quantitative estimate of drug-likeness (QED) is 0.518. The van der Waals surface area contributed by atoms with Crippen LogP contribution in [0.2, 0.25) is 0 Å². The highest BCUT2D eigenvalue weighted by Gasteiger charge is 2.34. The van der Waals surface area contributed by atoms with Gasteiger partial charge in [0, 0.05) is 12.3 Å². The van der Waals surface area contributed by atoms with Crippen molar-refractivity contribution in [3.63, 3.8) is 0 Å². The van der Waals surface area contributed by atoms with Crippen molar-refractivity contribution in [2.75, 3.05) is 7.11 Å². The molecule has 2 atom stereocenters. The maximum absolute atomic E-state index is 12.2. The normalized spacial score (nSPS) is 21.0. The van der Waals surface area contributed by atoms with Gasteiger partial charge in [-0.1, -0.05) is 12.1 Å². The zero-order valence-electron chi connectivity index (χ0n) is 14.8. The number of methoxy groups -OCH3 is 1. The summed E-state index contributed by atoms with van der Waals surface area (Å²) in [6.45, 7) is 1.49. The molecular weight excluding hydrogens is 340 g/mol. The molecule has 0 spiro atoms. The van der Waals surface area contributed by atoms with E-state index < -0.39 is 30.1 Å². The van der Waals surface area contributed by atoms with Crippen molar-refractivity contribution in [3.05, 3.63) is 29.8 Å². The third-order valence-corrected chi connectivity index (χ3v) is 4.45. The standard InChI is InChI=1S/C18H24N2O6/c1-10(19-17(23)12-8-13(21)9-12)16(22)20-15(18(24)25)7-11-3-5-14(26-2)6-4-11/h3-6,10,12-13,15,21H,7-9H2,1-2H3,(H,19,23)(H,20,22)(H,24,25)/t10-,12-,13-,15+/m1/s1. The maximum atomic E-state index is 12.2. The fourth-order valence-corrected chi connectivity index (χ4v) is 2.69. The molecule has 8 heteroatoms. The molecule has 1 fully saturated rings. The lowest BCUT2D eigenvalue weighted by Crippen LogP contribution is -2.53. The predicted octanol–water partition coefficient (Wildman–Crippen LogP) is 0.0827. The lowest BCUT2D eigenvalue weighted by molar-refractivity contribution is -0.142. The van der Waals surface area contributed by atoms with Crippen molar-refractivity contribution in [1.29, 1.82) is 0 Å². The number of nitrogens with one attached hydrogen (secondary N) is 2. The molecule has 1 aromatic rings. The van der Waals surface area contributed by atoms with Crippen LogP contribution < -0.4 is 15.4 Å². The lowest BCUT2D eigenvalue weighted by atomic mass is 9.82. The molecule has 0 aromatic heterocycles. The van der Waals surface area contributed by atoms with E-state index in [0.29, 0.717) is 18.6 Å². The molecule has 8 nitrogen and oxygen atoms in total. The number of aliphatic hydroxyl groups excluding tert-OH is 1. The fraction of sp³-hybridized carbons (Fsp3) is 0.500. The van der Waals surface area contributed by atoms with Crippen molar-refractivity contribution >= 4 is 17.8 Å². The zero-order valence-corrected chi connectivity index (χ0v) is 14.8. The Hall–Kier alpha value is -2.61. The van der Waals surface area contributed by atoms with Gasteiger partial charge in [-0.3, -0.25) is 9.59 Å². The SMILES string of the molecule is COc1ccc(C[C@H](NC(=O)[C@@H](C)NC(=O)[C@H]2C[C@H](O)C2)C(=O)O)cc1. The van der Waals surface area contributed by atoms with Gasteiger partial charge in [-0.25, -0.2) is 4.79 Å². The fourth-order valence-electron chi connectivity index (χ4n) is 2.69. The van der Waals surface area contributed by atoms with Crippen molar-refractivity contribution in [1.82, 2.24) is 10.6 Å². The Kier molecular flexibility index (Phi) is 6.57. The average Bonchev–Trinajstić information content (AvgIpc) is 2.58. The van der Waals surface area contributed by atoms with Gasteiger partial charge in [0.15, 0.2) is 0 Å². The zero-order chi connectivity index (χ0) is 19.3. The Morgan fingerprint density at radius 3 is 2.31 bits per heavy atom. The summed E-state index contributed by atoms with van der Waals surface area (Å²) in [5.74, 6) is -1.68. The Bertz CT molecular complexity index is 654. The minimum atomic E-state index is -1.16. The summed E-state index contributed by atoms with van der Waals surface area (Å²) in [5.41, 5.74) is 0.735. The summed E-state index contributed by atoms with van der Waals surface area (Å²) in [6.07, 6.45) is 0.418. The van der Waals surface area contributed by atoms with E-state index in [1.807, 2.05) is 0 Å². The molecule has 2 amide bonds. The Morgan fingerprint density at radius 2 is 1.81 bits per heavy atom. The number of hydrogen-bond acceptors (Lipinski definition) is 5. The molecule has 1 aliphatic carbocycles. The topological polar surface area (TPSA) is 125 Å². The third kappa shape index (κ3) is 5.19. The van der Waals surface area contributed by atoms with Gasteiger partial charge in [-0.05, 0) is 37.5 Å². The highest BCUT2D eigenvalue weighted by molar-refractivity contribution is 5.91. The molecule has 1 aromatic carbocycles. The van der Waals surface area contributed by atoms with Crippen LogP contribution in [-0.4, -0.2) is 53.3 Å². The Balaban J connectivity index is 1.89. The number of rotatable bonds is 8. The minimum Gasteiger partial charge on any atom is -0.497 e. The first-order valence-electron chi connectivity index (χ1n) is 8.44. The molecule has 1 aliphatic rings. The molecule has 26 heavy (non-hydrogen) atoms. The first-order chi connectivity index (χ1) is 12.3. The number of aliphatic hydroxyl groups is 1. The maximum Gasteiger partial charge on any atom is 0.326 e. The summed E-state index contributed by atoms with van der Waals surface area (Å²) in [7, 11) is 1.54. The molecule has 142 valence electrons. The number of ether oxygens (including phenoxy) is 1. The first kappa shape index (κ1) is 19.7. The highest BCUT2D eigenvalue weighted by Crippen LogP contribution is 2.27. The van der Waals surface area contributed by atoms with E-state index in [2.05, 4.69) is 10.6 Å². The Labute approximate surface area is 151 Å². The van der Waals surface area contributed by atoms with Gasteiger partial charge in [0.1, 0.15) is 17.8 Å².